The first-order chi connectivity index (χ1) is 16.6. The zero-order valence-electron chi connectivity index (χ0n) is 19.0. The number of fused-ring (bicyclic) bond motifs is 1. The highest BCUT2D eigenvalue weighted by Crippen LogP contribution is 2.38. The molecule has 2 aromatic carbocycles. The van der Waals surface area contributed by atoms with Crippen LogP contribution in [-0.4, -0.2) is 39.1 Å². The van der Waals surface area contributed by atoms with Gasteiger partial charge in [0.05, 0.1) is 18.0 Å². The van der Waals surface area contributed by atoms with E-state index >= 15 is 4.39 Å². The minimum atomic E-state index is -1.10. The molecule has 1 aliphatic rings. The molecule has 2 aromatic heterocycles. The normalized spacial score (nSPS) is 16.1. The lowest BCUT2D eigenvalue weighted by Gasteiger charge is -2.19. The number of urea groups is 1. The van der Waals surface area contributed by atoms with Gasteiger partial charge < -0.3 is 15.2 Å². The SMILES string of the molecule is Cc1nc(N)c2c(-c3ccc(N4CC(c5c(F)cc(F)cc5F)N(C)C4=O)cc3F)cn(C)c2n1. The number of aromatic nitrogens is 3. The van der Waals surface area contributed by atoms with Crippen molar-refractivity contribution in [3.8, 4) is 11.1 Å². The molecule has 0 aliphatic carbocycles. The van der Waals surface area contributed by atoms with Crippen molar-refractivity contribution >= 4 is 28.6 Å². The maximum Gasteiger partial charge on any atom is 0.324 e. The number of hydrogen-bond acceptors (Lipinski definition) is 4. The van der Waals surface area contributed by atoms with E-state index in [1.54, 1.807) is 24.7 Å². The Kier molecular flexibility index (Phi) is 5.15. The van der Waals surface area contributed by atoms with Crippen molar-refractivity contribution in [2.24, 2.45) is 7.05 Å². The molecule has 1 atom stereocenters. The van der Waals surface area contributed by atoms with E-state index in [-0.39, 0.29) is 23.6 Å². The highest BCUT2D eigenvalue weighted by molar-refractivity contribution is 6.01. The third kappa shape index (κ3) is 3.54. The van der Waals surface area contributed by atoms with E-state index in [2.05, 4.69) is 9.97 Å². The molecular weight excluding hydrogens is 464 g/mol. The predicted octanol–water partition coefficient (Wildman–Crippen LogP) is 4.70. The number of carbonyl (C=O) groups is 1. The monoisotopic (exact) mass is 484 g/mol. The van der Waals surface area contributed by atoms with Crippen LogP contribution in [-0.2, 0) is 7.05 Å². The topological polar surface area (TPSA) is 80.3 Å². The zero-order chi connectivity index (χ0) is 25.2. The molecule has 2 N–H and O–H groups in total. The molecule has 1 fully saturated rings. The average Bonchev–Trinajstić information content (AvgIpc) is 3.25. The van der Waals surface area contributed by atoms with Gasteiger partial charge in [0.2, 0.25) is 0 Å². The van der Waals surface area contributed by atoms with Crippen molar-refractivity contribution in [3.05, 3.63) is 71.2 Å². The quantitative estimate of drug-likeness (QED) is 0.428. The van der Waals surface area contributed by atoms with Gasteiger partial charge in [0, 0.05) is 54.8 Å². The van der Waals surface area contributed by atoms with Gasteiger partial charge in [-0.1, -0.05) is 0 Å². The van der Waals surface area contributed by atoms with E-state index < -0.39 is 40.9 Å². The standard InChI is InChI=1S/C24H20F4N6O/c1-11-30-22(29)20-15(9-32(2)23(20)31-11)14-5-4-13(8-16(14)26)34-10-19(33(3)24(34)35)21-17(27)6-12(25)7-18(21)28/h4-9,19H,10H2,1-3H3,(H2,29,30,31). The number of hydrogen-bond donors (Lipinski definition) is 1. The van der Waals surface area contributed by atoms with Gasteiger partial charge in [-0.15, -0.1) is 0 Å². The fourth-order valence-electron chi connectivity index (χ4n) is 4.58. The van der Waals surface area contributed by atoms with Crippen LogP contribution in [0.4, 0.5) is 33.9 Å². The van der Waals surface area contributed by atoms with Crippen molar-refractivity contribution in [2.45, 2.75) is 13.0 Å². The molecule has 180 valence electrons. The van der Waals surface area contributed by atoms with Crippen LogP contribution < -0.4 is 10.6 Å². The number of amides is 2. The third-order valence-corrected chi connectivity index (χ3v) is 6.24. The van der Waals surface area contributed by atoms with Gasteiger partial charge in [-0.05, 0) is 25.1 Å². The molecule has 0 saturated carbocycles. The van der Waals surface area contributed by atoms with E-state index in [4.69, 9.17) is 5.73 Å². The number of aryl methyl sites for hydroxylation is 2. The van der Waals surface area contributed by atoms with Gasteiger partial charge in [-0.3, -0.25) is 4.90 Å². The van der Waals surface area contributed by atoms with Crippen molar-refractivity contribution < 1.29 is 22.4 Å². The van der Waals surface area contributed by atoms with E-state index in [1.807, 2.05) is 0 Å². The number of benzene rings is 2. The summed E-state index contributed by atoms with van der Waals surface area (Å²) in [5, 5.41) is 0.504. The van der Waals surface area contributed by atoms with Crippen LogP contribution in [0.1, 0.15) is 17.4 Å². The van der Waals surface area contributed by atoms with Gasteiger partial charge >= 0.3 is 6.03 Å². The fourth-order valence-corrected chi connectivity index (χ4v) is 4.58. The van der Waals surface area contributed by atoms with Crippen molar-refractivity contribution in [2.75, 3.05) is 24.2 Å². The van der Waals surface area contributed by atoms with Crippen LogP contribution in [0, 0.1) is 30.2 Å². The number of nitrogen functional groups attached to an aromatic ring is 1. The number of nitrogens with zero attached hydrogens (tertiary/aromatic N) is 5. The van der Waals surface area contributed by atoms with Crippen molar-refractivity contribution in [1.82, 2.24) is 19.4 Å². The van der Waals surface area contributed by atoms with Gasteiger partial charge in [-0.2, -0.15) is 0 Å². The molecule has 11 heteroatoms. The Morgan fingerprint density at radius 1 is 0.971 bits per heavy atom. The fraction of sp³-hybridized carbons (Fsp3) is 0.208. The summed E-state index contributed by atoms with van der Waals surface area (Å²) in [6.45, 7) is 1.56. The molecule has 1 aliphatic heterocycles. The second kappa shape index (κ2) is 7.97. The molecule has 0 spiro atoms. The number of nitrogens with two attached hydrogens (primary N) is 1. The minimum absolute atomic E-state index is 0.151. The molecular formula is C24H20F4N6O. The molecule has 1 unspecified atom stereocenters. The Hall–Kier alpha value is -4.15. The number of likely N-dealkylation sites (N-methyl/N-ethyl adjacent to an activating group) is 1. The number of halogens is 4. The summed E-state index contributed by atoms with van der Waals surface area (Å²) in [7, 11) is 3.14. The van der Waals surface area contributed by atoms with E-state index in [0.717, 1.165) is 4.90 Å². The Balaban J connectivity index is 1.52. The van der Waals surface area contributed by atoms with Gasteiger partial charge in [0.15, 0.2) is 0 Å². The van der Waals surface area contributed by atoms with Gasteiger partial charge in [0.25, 0.3) is 0 Å². The second-order valence-electron chi connectivity index (χ2n) is 8.48. The lowest BCUT2D eigenvalue weighted by atomic mass is 10.0. The Morgan fingerprint density at radius 2 is 1.66 bits per heavy atom. The molecule has 0 bridgehead atoms. The van der Waals surface area contributed by atoms with Gasteiger partial charge in [-0.25, -0.2) is 32.3 Å². The van der Waals surface area contributed by atoms with Crippen LogP contribution in [0.25, 0.3) is 22.2 Å². The second-order valence-corrected chi connectivity index (χ2v) is 8.48. The first-order valence-electron chi connectivity index (χ1n) is 10.6. The number of anilines is 2. The summed E-state index contributed by atoms with van der Waals surface area (Å²) in [6.07, 6.45) is 1.69. The molecule has 4 aromatic rings. The first kappa shape index (κ1) is 22.6. The Labute approximate surface area is 197 Å². The molecule has 7 nitrogen and oxygen atoms in total. The summed E-state index contributed by atoms with van der Waals surface area (Å²) < 4.78 is 59.1. The Bertz CT molecular complexity index is 1490. The summed E-state index contributed by atoms with van der Waals surface area (Å²) in [4.78, 5) is 23.8. The molecule has 35 heavy (non-hydrogen) atoms. The average molecular weight is 484 g/mol. The largest absolute Gasteiger partial charge is 0.383 e. The molecule has 5 rings (SSSR count). The molecule has 0 radical (unpaired) electrons. The highest BCUT2D eigenvalue weighted by Gasteiger charge is 2.39. The van der Waals surface area contributed by atoms with Crippen molar-refractivity contribution in [1.29, 1.82) is 0 Å². The summed E-state index contributed by atoms with van der Waals surface area (Å²) in [5.41, 5.74) is 7.14. The number of rotatable bonds is 3. The zero-order valence-corrected chi connectivity index (χ0v) is 19.0. The van der Waals surface area contributed by atoms with Gasteiger partial charge in [0.1, 0.15) is 40.6 Å². The number of carbonyl (C=O) groups excluding carboxylic acids is 1. The van der Waals surface area contributed by atoms with Crippen LogP contribution in [0.2, 0.25) is 0 Å². The maximum absolute atomic E-state index is 15.4. The maximum atomic E-state index is 15.4. The lowest BCUT2D eigenvalue weighted by Crippen LogP contribution is -2.29. The molecule has 3 heterocycles. The van der Waals surface area contributed by atoms with Crippen LogP contribution in [0.3, 0.4) is 0 Å². The third-order valence-electron chi connectivity index (χ3n) is 6.24. The molecule has 1 saturated heterocycles. The van der Waals surface area contributed by atoms with E-state index in [0.29, 0.717) is 34.6 Å². The smallest absolute Gasteiger partial charge is 0.324 e. The minimum Gasteiger partial charge on any atom is -0.383 e. The highest BCUT2D eigenvalue weighted by atomic mass is 19.1. The molecule has 2 amide bonds. The summed E-state index contributed by atoms with van der Waals surface area (Å²) in [5.74, 6) is -3.18. The van der Waals surface area contributed by atoms with Crippen LogP contribution in [0.5, 0.6) is 0 Å². The summed E-state index contributed by atoms with van der Waals surface area (Å²) >= 11 is 0. The van der Waals surface area contributed by atoms with Crippen LogP contribution >= 0.6 is 0 Å². The van der Waals surface area contributed by atoms with Crippen LogP contribution in [0.15, 0.2) is 36.5 Å². The first-order valence-corrected chi connectivity index (χ1v) is 10.6. The predicted molar refractivity (Wildman–Crippen MR) is 123 cm³/mol. The summed E-state index contributed by atoms with van der Waals surface area (Å²) in [6, 6.07) is 3.73. The van der Waals surface area contributed by atoms with E-state index in [1.165, 1.54) is 30.1 Å². The van der Waals surface area contributed by atoms with Crippen molar-refractivity contribution in [3.63, 3.8) is 0 Å². The Morgan fingerprint density at radius 3 is 2.31 bits per heavy atom. The van der Waals surface area contributed by atoms with E-state index in [9.17, 15) is 18.0 Å². The lowest BCUT2D eigenvalue weighted by molar-refractivity contribution is 0.217.